The molecule has 21 heavy (non-hydrogen) atoms. The molecular formula is C15H15N3O3. The van der Waals surface area contributed by atoms with Crippen molar-refractivity contribution in [2.24, 2.45) is 0 Å². The quantitative estimate of drug-likeness (QED) is 0.514. The average molecular weight is 285 g/mol. The van der Waals surface area contributed by atoms with Gasteiger partial charge in [0.25, 0.3) is 11.6 Å². The van der Waals surface area contributed by atoms with Gasteiger partial charge in [0.2, 0.25) is 0 Å². The molecule has 0 spiro atoms. The summed E-state index contributed by atoms with van der Waals surface area (Å²) in [5, 5.41) is 13.6. The lowest BCUT2D eigenvalue weighted by atomic mass is 10.1. The van der Waals surface area contributed by atoms with Gasteiger partial charge in [0.1, 0.15) is 5.56 Å². The van der Waals surface area contributed by atoms with Crippen LogP contribution in [-0.4, -0.2) is 10.8 Å². The number of nitrogens with two attached hydrogens (primary N) is 1. The Hall–Kier alpha value is -2.89. The first kappa shape index (κ1) is 14.5. The van der Waals surface area contributed by atoms with Crippen molar-refractivity contribution < 1.29 is 9.72 Å². The highest BCUT2D eigenvalue weighted by Gasteiger charge is 2.20. The molecule has 108 valence electrons. The Balaban J connectivity index is 2.36. The molecule has 0 bridgehead atoms. The van der Waals surface area contributed by atoms with E-state index in [1.165, 1.54) is 18.2 Å². The molecule has 0 radical (unpaired) electrons. The summed E-state index contributed by atoms with van der Waals surface area (Å²) in [7, 11) is 0. The van der Waals surface area contributed by atoms with Gasteiger partial charge in [-0.05, 0) is 49.2 Å². The predicted molar refractivity (Wildman–Crippen MR) is 81.4 cm³/mol. The standard InChI is InChI=1S/C15H15N3O3/c1-9-5-10(2)7-12(6-9)17-15(19)13-8-11(16)3-4-14(13)18(20)21/h3-8H,16H2,1-2H3,(H,17,19). The molecule has 2 rings (SSSR count). The van der Waals surface area contributed by atoms with Crippen LogP contribution in [0.5, 0.6) is 0 Å². The number of carbonyl (C=O) groups is 1. The minimum absolute atomic E-state index is 0.0563. The number of benzene rings is 2. The molecule has 0 aliphatic rings. The van der Waals surface area contributed by atoms with Gasteiger partial charge in [-0.15, -0.1) is 0 Å². The number of hydrogen-bond donors (Lipinski definition) is 2. The third kappa shape index (κ3) is 3.36. The zero-order valence-corrected chi connectivity index (χ0v) is 11.7. The maximum atomic E-state index is 12.2. The highest BCUT2D eigenvalue weighted by atomic mass is 16.6. The van der Waals surface area contributed by atoms with E-state index in [4.69, 9.17) is 5.73 Å². The fraction of sp³-hybridized carbons (Fsp3) is 0.133. The summed E-state index contributed by atoms with van der Waals surface area (Å²) in [5.41, 5.74) is 8.15. The molecule has 0 heterocycles. The van der Waals surface area contributed by atoms with Crippen LogP contribution in [0.2, 0.25) is 0 Å². The number of aryl methyl sites for hydroxylation is 2. The maximum Gasteiger partial charge on any atom is 0.282 e. The van der Waals surface area contributed by atoms with E-state index in [0.29, 0.717) is 11.4 Å². The van der Waals surface area contributed by atoms with Crippen molar-refractivity contribution in [3.8, 4) is 0 Å². The Labute approximate surface area is 121 Å². The van der Waals surface area contributed by atoms with Crippen LogP contribution in [0.1, 0.15) is 21.5 Å². The second-order valence-corrected chi connectivity index (χ2v) is 4.86. The van der Waals surface area contributed by atoms with E-state index >= 15 is 0 Å². The molecule has 0 fully saturated rings. The highest BCUT2D eigenvalue weighted by Crippen LogP contribution is 2.23. The van der Waals surface area contributed by atoms with E-state index in [1.807, 2.05) is 19.9 Å². The molecule has 0 atom stereocenters. The van der Waals surface area contributed by atoms with Crippen molar-refractivity contribution >= 4 is 23.0 Å². The Morgan fingerprint density at radius 3 is 2.33 bits per heavy atom. The number of amides is 1. The van der Waals surface area contributed by atoms with Crippen molar-refractivity contribution in [3.63, 3.8) is 0 Å². The van der Waals surface area contributed by atoms with Crippen LogP contribution in [0.25, 0.3) is 0 Å². The molecule has 6 heteroatoms. The zero-order valence-electron chi connectivity index (χ0n) is 11.7. The number of anilines is 2. The zero-order chi connectivity index (χ0) is 15.6. The number of rotatable bonds is 3. The number of nitro benzene ring substituents is 1. The van der Waals surface area contributed by atoms with Crippen LogP contribution < -0.4 is 11.1 Å². The SMILES string of the molecule is Cc1cc(C)cc(NC(=O)c2cc(N)ccc2[N+](=O)[O-])c1. The largest absolute Gasteiger partial charge is 0.399 e. The minimum atomic E-state index is -0.601. The van der Waals surface area contributed by atoms with Gasteiger partial charge in [-0.25, -0.2) is 0 Å². The topological polar surface area (TPSA) is 98.3 Å². The summed E-state index contributed by atoms with van der Waals surface area (Å²) in [6.45, 7) is 3.82. The lowest BCUT2D eigenvalue weighted by molar-refractivity contribution is -0.385. The maximum absolute atomic E-state index is 12.2. The van der Waals surface area contributed by atoms with Crippen LogP contribution in [0.3, 0.4) is 0 Å². The number of nitrogens with one attached hydrogen (secondary N) is 1. The van der Waals surface area contributed by atoms with Gasteiger partial charge in [0, 0.05) is 17.4 Å². The van der Waals surface area contributed by atoms with Crippen LogP contribution in [0, 0.1) is 24.0 Å². The summed E-state index contributed by atoms with van der Waals surface area (Å²) in [4.78, 5) is 22.6. The second kappa shape index (κ2) is 5.62. The van der Waals surface area contributed by atoms with Gasteiger partial charge in [-0.2, -0.15) is 0 Å². The minimum Gasteiger partial charge on any atom is -0.399 e. The normalized spacial score (nSPS) is 10.2. The van der Waals surface area contributed by atoms with Gasteiger partial charge < -0.3 is 11.1 Å². The lowest BCUT2D eigenvalue weighted by Crippen LogP contribution is -2.14. The number of nitrogens with zero attached hydrogens (tertiary/aromatic N) is 1. The first-order valence-electron chi connectivity index (χ1n) is 6.30. The van der Waals surface area contributed by atoms with Crippen molar-refractivity contribution in [3.05, 3.63) is 63.2 Å². The van der Waals surface area contributed by atoms with E-state index in [-0.39, 0.29) is 11.3 Å². The Morgan fingerprint density at radius 1 is 1.14 bits per heavy atom. The second-order valence-electron chi connectivity index (χ2n) is 4.86. The fourth-order valence-corrected chi connectivity index (χ4v) is 2.14. The van der Waals surface area contributed by atoms with Crippen LogP contribution in [-0.2, 0) is 0 Å². The molecular weight excluding hydrogens is 270 g/mol. The molecule has 0 saturated carbocycles. The van der Waals surface area contributed by atoms with Crippen molar-refractivity contribution in [1.29, 1.82) is 0 Å². The predicted octanol–water partition coefficient (Wildman–Crippen LogP) is 3.05. The van der Waals surface area contributed by atoms with Crippen LogP contribution in [0.15, 0.2) is 36.4 Å². The first-order chi connectivity index (χ1) is 9.86. The van der Waals surface area contributed by atoms with Gasteiger partial charge >= 0.3 is 0 Å². The number of carbonyl (C=O) groups excluding carboxylic acids is 1. The van der Waals surface area contributed by atoms with Gasteiger partial charge in [-0.3, -0.25) is 14.9 Å². The number of hydrogen-bond acceptors (Lipinski definition) is 4. The van der Waals surface area contributed by atoms with E-state index in [1.54, 1.807) is 12.1 Å². The monoisotopic (exact) mass is 285 g/mol. The molecule has 0 aliphatic carbocycles. The number of nitrogen functional groups attached to an aromatic ring is 1. The van der Waals surface area contributed by atoms with E-state index in [0.717, 1.165) is 11.1 Å². The third-order valence-electron chi connectivity index (χ3n) is 2.94. The molecule has 0 aliphatic heterocycles. The van der Waals surface area contributed by atoms with Gasteiger partial charge in [0.05, 0.1) is 4.92 Å². The summed E-state index contributed by atoms with van der Waals surface area (Å²) < 4.78 is 0. The molecule has 6 nitrogen and oxygen atoms in total. The Kier molecular flexibility index (Phi) is 3.89. The summed E-state index contributed by atoms with van der Waals surface area (Å²) in [6, 6.07) is 9.48. The Bertz CT molecular complexity index is 706. The molecule has 2 aromatic carbocycles. The van der Waals surface area contributed by atoms with Crippen molar-refractivity contribution in [1.82, 2.24) is 0 Å². The van der Waals surface area contributed by atoms with Crippen LogP contribution >= 0.6 is 0 Å². The molecule has 2 aromatic rings. The van der Waals surface area contributed by atoms with Gasteiger partial charge in [0.15, 0.2) is 0 Å². The highest BCUT2D eigenvalue weighted by molar-refractivity contribution is 6.07. The average Bonchev–Trinajstić information content (AvgIpc) is 2.36. The van der Waals surface area contributed by atoms with Gasteiger partial charge in [-0.1, -0.05) is 6.07 Å². The van der Waals surface area contributed by atoms with E-state index in [2.05, 4.69) is 5.32 Å². The third-order valence-corrected chi connectivity index (χ3v) is 2.94. The van der Waals surface area contributed by atoms with Crippen LogP contribution in [0.4, 0.5) is 17.1 Å². The van der Waals surface area contributed by atoms with Crippen molar-refractivity contribution in [2.75, 3.05) is 11.1 Å². The molecule has 0 aromatic heterocycles. The molecule has 1 amide bonds. The lowest BCUT2D eigenvalue weighted by Gasteiger charge is -2.08. The van der Waals surface area contributed by atoms with E-state index < -0.39 is 10.8 Å². The summed E-state index contributed by atoms with van der Waals surface area (Å²) in [6.07, 6.45) is 0. The Morgan fingerprint density at radius 2 is 1.76 bits per heavy atom. The summed E-state index contributed by atoms with van der Waals surface area (Å²) in [5.74, 6) is -0.556. The number of nitro groups is 1. The summed E-state index contributed by atoms with van der Waals surface area (Å²) >= 11 is 0. The first-order valence-corrected chi connectivity index (χ1v) is 6.30. The van der Waals surface area contributed by atoms with Crippen molar-refractivity contribution in [2.45, 2.75) is 13.8 Å². The molecule has 0 saturated heterocycles. The molecule has 3 N–H and O–H groups in total. The smallest absolute Gasteiger partial charge is 0.282 e. The van der Waals surface area contributed by atoms with E-state index in [9.17, 15) is 14.9 Å². The fourth-order valence-electron chi connectivity index (χ4n) is 2.14. The molecule has 0 unspecified atom stereocenters.